The minimum atomic E-state index is -0.933. The molecule has 1 unspecified atom stereocenters. The van der Waals surface area contributed by atoms with Gasteiger partial charge in [-0.2, -0.15) is 4.98 Å². The summed E-state index contributed by atoms with van der Waals surface area (Å²) in [6.45, 7) is 2.98. The number of hydrogen-bond donors (Lipinski definition) is 3. The second-order valence-electron chi connectivity index (χ2n) is 11.4. The topological polar surface area (TPSA) is 130 Å². The van der Waals surface area contributed by atoms with E-state index in [1.54, 1.807) is 30.3 Å². The number of nitrogens with zero attached hydrogens (tertiary/aromatic N) is 4. The van der Waals surface area contributed by atoms with Gasteiger partial charge in [0.15, 0.2) is 5.82 Å². The van der Waals surface area contributed by atoms with E-state index in [0.29, 0.717) is 54.7 Å². The minimum absolute atomic E-state index is 0.0144. The van der Waals surface area contributed by atoms with Crippen LogP contribution in [0.2, 0.25) is 0 Å². The van der Waals surface area contributed by atoms with Crippen molar-refractivity contribution in [3.05, 3.63) is 112 Å². The van der Waals surface area contributed by atoms with Crippen LogP contribution in [0.25, 0.3) is 0 Å². The molecule has 3 heterocycles. The van der Waals surface area contributed by atoms with Crippen LogP contribution >= 0.6 is 0 Å². The number of rotatable bonds is 7. The van der Waals surface area contributed by atoms with Crippen LogP contribution in [-0.2, 0) is 13.0 Å². The number of nitrogens with one attached hydrogen (secondary N) is 1. The summed E-state index contributed by atoms with van der Waals surface area (Å²) in [7, 11) is 0. The lowest BCUT2D eigenvalue weighted by Crippen LogP contribution is -2.45. The van der Waals surface area contributed by atoms with Crippen molar-refractivity contribution in [2.75, 3.05) is 22.9 Å². The number of para-hydroxylation sites is 1. The molecule has 4 aromatic rings. The highest BCUT2D eigenvalue weighted by Crippen LogP contribution is 2.40. The Kier molecular flexibility index (Phi) is 8.15. The van der Waals surface area contributed by atoms with Crippen molar-refractivity contribution in [3.8, 4) is 0 Å². The Balaban J connectivity index is 1.59. The van der Waals surface area contributed by atoms with Gasteiger partial charge in [0.1, 0.15) is 23.1 Å². The van der Waals surface area contributed by atoms with Crippen LogP contribution in [0, 0.1) is 24.4 Å². The van der Waals surface area contributed by atoms with E-state index in [1.807, 2.05) is 11.8 Å². The predicted octanol–water partition coefficient (Wildman–Crippen LogP) is 4.96. The predicted molar refractivity (Wildman–Crippen MR) is 164 cm³/mol. The van der Waals surface area contributed by atoms with Gasteiger partial charge in [-0.05, 0) is 79.3 Å². The van der Waals surface area contributed by atoms with Crippen molar-refractivity contribution in [2.45, 2.75) is 44.7 Å². The van der Waals surface area contributed by atoms with E-state index in [4.69, 9.17) is 21.4 Å². The van der Waals surface area contributed by atoms with Gasteiger partial charge in [-0.25, -0.2) is 27.8 Å². The first-order valence-corrected chi connectivity index (χ1v) is 14.7. The molecule has 1 aromatic heterocycles. The maximum atomic E-state index is 15.2. The Morgan fingerprint density at radius 1 is 1.02 bits per heavy atom. The molecule has 6 rings (SSSR count). The third-order valence-corrected chi connectivity index (χ3v) is 8.48. The zero-order valence-corrected chi connectivity index (χ0v) is 24.6. The maximum absolute atomic E-state index is 15.2. The van der Waals surface area contributed by atoms with Crippen molar-refractivity contribution >= 4 is 29.4 Å². The third-order valence-electron chi connectivity index (χ3n) is 8.48. The lowest BCUT2D eigenvalue weighted by Gasteiger charge is -2.35. The quantitative estimate of drug-likeness (QED) is 0.269. The number of piperidine rings is 1. The first-order valence-electron chi connectivity index (χ1n) is 14.7. The molecular formula is C33H32F3N7O2. The lowest BCUT2D eigenvalue weighted by molar-refractivity contribution is 0.1000. The van der Waals surface area contributed by atoms with Crippen LogP contribution in [0.5, 0.6) is 0 Å². The standard InChI is InChI=1S/C33H32F3N7O2/c1-18-5-6-20(30(38)44)15-21(18)16-24(19-7-9-22(34)10-8-19)28-25-17-39-33(45)43(29-26(35)3-2-4-27(29)36)31(25)41-32(40-28)42-13-11-23(37)12-14-42/h2-10,15,23-24H,11-14,16-17,37H2,1H3,(H2,38,44)(H,39,45). The first-order chi connectivity index (χ1) is 21.6. The fourth-order valence-electron chi connectivity index (χ4n) is 5.94. The van der Waals surface area contributed by atoms with Crippen LogP contribution < -0.4 is 26.6 Å². The molecule has 1 saturated heterocycles. The normalized spacial score (nSPS) is 15.9. The summed E-state index contributed by atoms with van der Waals surface area (Å²) >= 11 is 0. The van der Waals surface area contributed by atoms with Crippen LogP contribution in [0.15, 0.2) is 60.7 Å². The summed E-state index contributed by atoms with van der Waals surface area (Å²) < 4.78 is 44.5. The molecule has 3 aromatic carbocycles. The van der Waals surface area contributed by atoms with E-state index in [1.165, 1.54) is 18.2 Å². The zero-order chi connectivity index (χ0) is 31.8. The number of carbonyl (C=O) groups is 2. The molecule has 232 valence electrons. The number of urea groups is 1. The molecule has 1 atom stereocenters. The summed E-state index contributed by atoms with van der Waals surface area (Å²) in [6, 6.07) is 13.8. The van der Waals surface area contributed by atoms with Gasteiger partial charge in [0, 0.05) is 36.2 Å². The molecule has 1 fully saturated rings. The molecule has 0 spiro atoms. The summed E-state index contributed by atoms with van der Waals surface area (Å²) in [6.07, 6.45) is 1.68. The van der Waals surface area contributed by atoms with Crippen LogP contribution in [0.3, 0.4) is 0 Å². The molecule has 5 N–H and O–H groups in total. The second-order valence-corrected chi connectivity index (χ2v) is 11.4. The second kappa shape index (κ2) is 12.2. The molecule has 0 bridgehead atoms. The Morgan fingerprint density at radius 3 is 2.38 bits per heavy atom. The fourth-order valence-corrected chi connectivity index (χ4v) is 5.94. The number of primary amides is 1. The SMILES string of the molecule is Cc1ccc(C(N)=O)cc1CC(c1ccc(F)cc1)c1nc(N2CCC(N)CC2)nc2c1CNC(=O)N2c1c(F)cccc1F. The Labute approximate surface area is 258 Å². The highest BCUT2D eigenvalue weighted by Gasteiger charge is 2.36. The summed E-state index contributed by atoms with van der Waals surface area (Å²) in [5.41, 5.74) is 14.9. The smallest absolute Gasteiger partial charge is 0.328 e. The molecule has 0 radical (unpaired) electrons. The number of hydrogen-bond acceptors (Lipinski definition) is 6. The van der Waals surface area contributed by atoms with E-state index >= 15 is 8.78 Å². The molecular weight excluding hydrogens is 583 g/mol. The minimum Gasteiger partial charge on any atom is -0.366 e. The highest BCUT2D eigenvalue weighted by atomic mass is 19.1. The van der Waals surface area contributed by atoms with Crippen molar-refractivity contribution in [2.24, 2.45) is 11.5 Å². The van der Waals surface area contributed by atoms with E-state index in [2.05, 4.69) is 5.32 Å². The first kappa shape index (κ1) is 30.1. The number of fused-ring (bicyclic) bond motifs is 1. The molecule has 2 aliphatic heterocycles. The van der Waals surface area contributed by atoms with Crippen LogP contribution in [0.4, 0.5) is 35.4 Å². The molecule has 2 aliphatic rings. The van der Waals surface area contributed by atoms with Gasteiger partial charge in [0.2, 0.25) is 11.9 Å². The molecule has 0 aliphatic carbocycles. The average molecular weight is 616 g/mol. The van der Waals surface area contributed by atoms with Gasteiger partial charge in [0.25, 0.3) is 0 Å². The monoisotopic (exact) mass is 615 g/mol. The van der Waals surface area contributed by atoms with Crippen LogP contribution in [-0.4, -0.2) is 41.0 Å². The number of aromatic nitrogens is 2. The molecule has 9 nitrogen and oxygen atoms in total. The van der Waals surface area contributed by atoms with Crippen molar-refractivity contribution in [3.63, 3.8) is 0 Å². The Hall–Kier alpha value is -4.97. The Morgan fingerprint density at radius 2 is 1.71 bits per heavy atom. The van der Waals surface area contributed by atoms with E-state index in [-0.39, 0.29) is 24.4 Å². The van der Waals surface area contributed by atoms with Crippen LogP contribution in [0.1, 0.15) is 57.1 Å². The summed E-state index contributed by atoms with van der Waals surface area (Å²) in [5.74, 6) is -3.08. The number of aryl methyl sites for hydroxylation is 1. The fraction of sp³-hybridized carbons (Fsp3) is 0.273. The lowest BCUT2D eigenvalue weighted by atomic mass is 9.85. The third kappa shape index (κ3) is 5.93. The van der Waals surface area contributed by atoms with Crippen molar-refractivity contribution in [1.29, 1.82) is 0 Å². The Bertz CT molecular complexity index is 1760. The van der Waals surface area contributed by atoms with Crippen molar-refractivity contribution < 1.29 is 22.8 Å². The molecule has 12 heteroatoms. The van der Waals surface area contributed by atoms with Gasteiger partial charge in [0.05, 0.1) is 12.2 Å². The number of carbonyl (C=O) groups excluding carboxylic acids is 2. The number of benzene rings is 3. The van der Waals surface area contributed by atoms with E-state index in [9.17, 15) is 14.0 Å². The van der Waals surface area contributed by atoms with Gasteiger partial charge >= 0.3 is 6.03 Å². The van der Waals surface area contributed by atoms with Gasteiger partial charge in [-0.15, -0.1) is 0 Å². The summed E-state index contributed by atoms with van der Waals surface area (Å²) in [5, 5.41) is 2.72. The number of halogens is 3. The van der Waals surface area contributed by atoms with E-state index in [0.717, 1.165) is 28.2 Å². The van der Waals surface area contributed by atoms with Gasteiger partial charge in [-0.1, -0.05) is 24.3 Å². The number of amides is 3. The van der Waals surface area contributed by atoms with E-state index < -0.39 is 41.0 Å². The van der Waals surface area contributed by atoms with Gasteiger partial charge < -0.3 is 21.7 Å². The molecule has 0 saturated carbocycles. The molecule has 45 heavy (non-hydrogen) atoms. The highest BCUT2D eigenvalue weighted by molar-refractivity contribution is 6.01. The zero-order valence-electron chi connectivity index (χ0n) is 24.6. The average Bonchev–Trinajstić information content (AvgIpc) is 3.02. The summed E-state index contributed by atoms with van der Waals surface area (Å²) in [4.78, 5) is 38.0. The molecule has 3 amide bonds. The number of anilines is 3. The van der Waals surface area contributed by atoms with Crippen molar-refractivity contribution in [1.82, 2.24) is 15.3 Å². The van der Waals surface area contributed by atoms with Gasteiger partial charge in [-0.3, -0.25) is 4.79 Å². The number of nitrogens with two attached hydrogens (primary N) is 2. The largest absolute Gasteiger partial charge is 0.366 e. The maximum Gasteiger partial charge on any atom is 0.328 e.